The average Bonchev–Trinajstić information content (AvgIpc) is 3.16. The van der Waals surface area contributed by atoms with Crippen LogP contribution < -0.4 is 15.0 Å². The molecule has 0 aliphatic heterocycles. The van der Waals surface area contributed by atoms with Gasteiger partial charge in [-0.25, -0.2) is 0 Å². The van der Waals surface area contributed by atoms with Gasteiger partial charge < -0.3 is 5.11 Å². The number of rotatable bonds is 2. The van der Waals surface area contributed by atoms with Gasteiger partial charge in [0.15, 0.2) is 0 Å². The molecular weight excluding hydrogens is 272 g/mol. The predicted octanol–water partition coefficient (Wildman–Crippen LogP) is 1.43. The summed E-state index contributed by atoms with van der Waals surface area (Å²) in [7, 11) is 0. The predicted molar refractivity (Wildman–Crippen MR) is 82.7 cm³/mol. The van der Waals surface area contributed by atoms with Crippen LogP contribution in [-0.4, -0.2) is 4.52 Å². The van der Waals surface area contributed by atoms with E-state index in [-0.39, 0.29) is 5.76 Å². The van der Waals surface area contributed by atoms with Crippen LogP contribution in [0.3, 0.4) is 0 Å². The van der Waals surface area contributed by atoms with Crippen LogP contribution in [0, 0.1) is 0 Å². The molecule has 0 unspecified atom stereocenters. The molecule has 2 aromatic heterocycles. The van der Waals surface area contributed by atoms with Gasteiger partial charge in [0.1, 0.15) is 5.35 Å². The zero-order chi connectivity index (χ0) is 14.9. The Bertz CT molecular complexity index is 972. The summed E-state index contributed by atoms with van der Waals surface area (Å²) in [6.07, 6.45) is 5.84. The lowest BCUT2D eigenvalue weighted by atomic mass is 10.1. The van der Waals surface area contributed by atoms with E-state index in [9.17, 15) is 5.11 Å². The van der Waals surface area contributed by atoms with Gasteiger partial charge in [-0.05, 0) is 11.1 Å². The molecule has 0 fully saturated rings. The van der Waals surface area contributed by atoms with Crippen molar-refractivity contribution in [2.75, 3.05) is 0 Å². The van der Waals surface area contributed by atoms with Gasteiger partial charge >= 0.3 is 0 Å². The molecule has 4 aromatic rings. The first kappa shape index (κ1) is 12.7. The summed E-state index contributed by atoms with van der Waals surface area (Å²) in [6.45, 7) is 0. The molecule has 0 aliphatic carbocycles. The first-order valence-electron chi connectivity index (χ1n) is 7.18. The molecule has 3 nitrogen and oxygen atoms in total. The van der Waals surface area contributed by atoms with E-state index in [0.29, 0.717) is 10.9 Å². The Morgan fingerprint density at radius 1 is 0.864 bits per heavy atom. The normalized spacial score (nSPS) is 12.5. The summed E-state index contributed by atoms with van der Waals surface area (Å²) >= 11 is 0. The molecule has 2 heterocycles. The molecule has 0 saturated heterocycles. The van der Waals surface area contributed by atoms with E-state index in [2.05, 4.69) is 0 Å². The van der Waals surface area contributed by atoms with Gasteiger partial charge in [0.2, 0.25) is 12.4 Å². The molecule has 4 rings (SSSR count). The lowest BCUT2D eigenvalue weighted by molar-refractivity contribution is -0.613. The maximum atomic E-state index is 13.0. The van der Waals surface area contributed by atoms with Crippen molar-refractivity contribution in [1.29, 1.82) is 0 Å². The second-order valence-corrected chi connectivity index (χ2v) is 5.17. The van der Waals surface area contributed by atoms with Crippen molar-refractivity contribution >= 4 is 5.76 Å². The second kappa shape index (κ2) is 5.04. The van der Waals surface area contributed by atoms with Crippen molar-refractivity contribution in [3.8, 4) is 11.1 Å². The number of hydrogen-bond acceptors (Lipinski definition) is 1. The van der Waals surface area contributed by atoms with Crippen LogP contribution in [0.25, 0.3) is 16.9 Å². The van der Waals surface area contributed by atoms with Crippen LogP contribution in [-0.2, 0) is 0 Å². The van der Waals surface area contributed by atoms with Gasteiger partial charge in [-0.1, -0.05) is 70.9 Å². The summed E-state index contributed by atoms with van der Waals surface area (Å²) in [5, 5.41) is 13.7. The topological polar surface area (TPSA) is 31.6 Å². The summed E-state index contributed by atoms with van der Waals surface area (Å²) in [6, 6.07) is 21.3. The highest BCUT2D eigenvalue weighted by Crippen LogP contribution is 2.15. The highest BCUT2D eigenvalue weighted by atomic mass is 16.3. The summed E-state index contributed by atoms with van der Waals surface area (Å²) < 4.78 is 3.82. The molecule has 0 spiro atoms. The fourth-order valence-corrected chi connectivity index (χ4v) is 2.75. The Kier molecular flexibility index (Phi) is 2.90. The molecule has 22 heavy (non-hydrogen) atoms. The molecular formula is C19H14N2O. The summed E-state index contributed by atoms with van der Waals surface area (Å²) in [5.41, 5.74) is 2.68. The molecule has 0 saturated carbocycles. The van der Waals surface area contributed by atoms with Crippen molar-refractivity contribution in [2.45, 2.75) is 0 Å². The third kappa shape index (κ3) is 1.95. The minimum Gasteiger partial charge on any atom is -0.870 e. The maximum absolute atomic E-state index is 13.0. The highest BCUT2D eigenvalue weighted by Gasteiger charge is 2.14. The third-order valence-electron chi connectivity index (χ3n) is 3.80. The van der Waals surface area contributed by atoms with Crippen LogP contribution >= 0.6 is 0 Å². The Morgan fingerprint density at radius 2 is 1.55 bits per heavy atom. The van der Waals surface area contributed by atoms with Gasteiger partial charge in [-0.2, -0.15) is 0 Å². The minimum absolute atomic E-state index is 0.0261. The number of hydrogen-bond donors (Lipinski definition) is 0. The van der Waals surface area contributed by atoms with Gasteiger partial charge in [-0.3, -0.25) is 0 Å². The number of benzene rings is 2. The largest absolute Gasteiger partial charge is 0.870 e. The molecule has 0 atom stereocenters. The quantitative estimate of drug-likeness (QED) is 0.513. The Balaban J connectivity index is 2.10. The van der Waals surface area contributed by atoms with Crippen LogP contribution in [0.4, 0.5) is 0 Å². The average molecular weight is 286 g/mol. The Morgan fingerprint density at radius 3 is 2.27 bits per heavy atom. The van der Waals surface area contributed by atoms with E-state index in [4.69, 9.17) is 0 Å². The van der Waals surface area contributed by atoms with E-state index >= 15 is 0 Å². The highest BCUT2D eigenvalue weighted by molar-refractivity contribution is 5.68. The lowest BCUT2D eigenvalue weighted by Crippen LogP contribution is -2.31. The lowest BCUT2D eigenvalue weighted by Gasteiger charge is -2.11. The second-order valence-electron chi connectivity index (χ2n) is 5.17. The summed E-state index contributed by atoms with van der Waals surface area (Å²) in [4.78, 5) is 0. The smallest absolute Gasteiger partial charge is 0.210 e. The van der Waals surface area contributed by atoms with Gasteiger partial charge in [0.05, 0.1) is 11.8 Å². The van der Waals surface area contributed by atoms with E-state index < -0.39 is 0 Å². The minimum atomic E-state index is 0.0261. The molecule has 3 heteroatoms. The van der Waals surface area contributed by atoms with E-state index in [0.717, 1.165) is 11.1 Å². The van der Waals surface area contributed by atoms with Gasteiger partial charge in [-0.15, -0.1) is 4.52 Å². The van der Waals surface area contributed by atoms with Gasteiger partial charge in [0, 0.05) is 6.07 Å². The standard InChI is InChI=1S/C19H14N2O/c22-19(16-10-5-2-6-11-16)18-17(15-8-3-1-4-9-15)14-20-12-7-13-21(18)20/h1-14H/b19-18-. The van der Waals surface area contributed by atoms with Crippen LogP contribution in [0.1, 0.15) is 5.56 Å². The molecule has 2 aromatic carbocycles. The van der Waals surface area contributed by atoms with E-state index in [1.54, 1.807) is 0 Å². The van der Waals surface area contributed by atoms with E-state index in [1.807, 2.05) is 94.4 Å². The van der Waals surface area contributed by atoms with E-state index in [1.165, 1.54) is 0 Å². The van der Waals surface area contributed by atoms with Crippen molar-refractivity contribution in [3.63, 3.8) is 0 Å². The zero-order valence-corrected chi connectivity index (χ0v) is 11.9. The first-order chi connectivity index (χ1) is 10.8. The zero-order valence-electron chi connectivity index (χ0n) is 11.9. The van der Waals surface area contributed by atoms with Crippen LogP contribution in [0.5, 0.6) is 0 Å². The first-order valence-corrected chi connectivity index (χ1v) is 7.18. The molecule has 0 aliphatic rings. The molecule has 0 amide bonds. The van der Waals surface area contributed by atoms with Crippen molar-refractivity contribution in [3.05, 3.63) is 96.2 Å². The molecule has 0 N–H and O–H groups in total. The number of nitrogens with zero attached hydrogens (tertiary/aromatic N) is 2. The van der Waals surface area contributed by atoms with Crippen molar-refractivity contribution in [2.24, 2.45) is 0 Å². The van der Waals surface area contributed by atoms with Crippen LogP contribution in [0.15, 0.2) is 85.3 Å². The number of aromatic nitrogens is 2. The summed E-state index contributed by atoms with van der Waals surface area (Å²) in [5.74, 6) is 0.0261. The SMILES string of the molecule is [O-]/C(c1ccccc1)=c1/c(-c2ccccc2)c[n+]2cccn12. The Hall–Kier alpha value is -3.07. The molecule has 0 radical (unpaired) electrons. The van der Waals surface area contributed by atoms with Crippen molar-refractivity contribution in [1.82, 2.24) is 4.52 Å². The number of fused-ring (bicyclic) bond motifs is 1. The maximum Gasteiger partial charge on any atom is 0.210 e. The van der Waals surface area contributed by atoms with Gasteiger partial charge in [0.25, 0.3) is 0 Å². The van der Waals surface area contributed by atoms with Crippen LogP contribution in [0.2, 0.25) is 0 Å². The third-order valence-corrected chi connectivity index (χ3v) is 3.80. The monoisotopic (exact) mass is 286 g/mol. The molecule has 106 valence electrons. The molecule has 0 bridgehead atoms. The van der Waals surface area contributed by atoms with Crippen molar-refractivity contribution < 1.29 is 9.62 Å². The fraction of sp³-hybridized carbons (Fsp3) is 0. The fourth-order valence-electron chi connectivity index (χ4n) is 2.75. The Labute approximate surface area is 128 Å².